The molecule has 2 aromatic rings. The molecular formula is C14H15N. The zero-order valence-corrected chi connectivity index (χ0v) is 9.09. The molecule has 0 spiro atoms. The van der Waals surface area contributed by atoms with Crippen LogP contribution in [0.25, 0.3) is 10.9 Å². The van der Waals surface area contributed by atoms with Crippen molar-refractivity contribution in [1.29, 1.82) is 0 Å². The quantitative estimate of drug-likeness (QED) is 0.571. The van der Waals surface area contributed by atoms with Gasteiger partial charge in [0.1, 0.15) is 0 Å². The second kappa shape index (κ2) is 2.99. The Morgan fingerprint density at radius 3 is 2.87 bits per heavy atom. The molecule has 0 unspecified atom stereocenters. The molecule has 1 aromatic heterocycles. The first-order valence-electron chi connectivity index (χ1n) is 5.49. The summed E-state index contributed by atoms with van der Waals surface area (Å²) < 4.78 is 2.34. The van der Waals surface area contributed by atoms with Gasteiger partial charge < -0.3 is 4.57 Å². The third kappa shape index (κ3) is 1.16. The van der Waals surface area contributed by atoms with Crippen molar-refractivity contribution in [3.63, 3.8) is 0 Å². The average Bonchev–Trinajstić information content (AvgIpc) is 2.54. The lowest BCUT2D eigenvalue weighted by Crippen LogP contribution is -2.06. The Kier molecular flexibility index (Phi) is 1.75. The Balaban J connectivity index is 2.37. The van der Waals surface area contributed by atoms with Crippen LogP contribution in [0.2, 0.25) is 0 Å². The van der Waals surface area contributed by atoms with Crippen molar-refractivity contribution >= 4 is 10.9 Å². The molecule has 1 aromatic carbocycles. The van der Waals surface area contributed by atoms with Crippen molar-refractivity contribution in [3.05, 3.63) is 47.7 Å². The van der Waals surface area contributed by atoms with Crippen molar-refractivity contribution in [1.82, 2.24) is 4.57 Å². The van der Waals surface area contributed by atoms with E-state index < -0.39 is 0 Å². The topological polar surface area (TPSA) is 4.93 Å². The second-order valence-electron chi connectivity index (χ2n) is 4.43. The lowest BCUT2D eigenvalue weighted by atomic mass is 9.92. The van der Waals surface area contributed by atoms with Crippen molar-refractivity contribution < 1.29 is 0 Å². The number of allylic oxidation sites excluding steroid dienone is 1. The van der Waals surface area contributed by atoms with E-state index in [1.165, 1.54) is 27.7 Å². The highest BCUT2D eigenvalue weighted by atomic mass is 14.9. The second-order valence-corrected chi connectivity index (χ2v) is 4.43. The third-order valence-corrected chi connectivity index (χ3v) is 3.49. The van der Waals surface area contributed by atoms with Crippen molar-refractivity contribution in [2.45, 2.75) is 19.3 Å². The first-order chi connectivity index (χ1) is 7.27. The maximum atomic E-state index is 4.12. The summed E-state index contributed by atoms with van der Waals surface area (Å²) in [5.41, 5.74) is 5.74. The van der Waals surface area contributed by atoms with Gasteiger partial charge >= 0.3 is 0 Å². The standard InChI is InChI=1S/C14H15N/c1-10-7-8-14-12(9-10)11-5-3-4-6-13(11)15(14)2/h3-6H,1,7-9H2,2H3. The van der Waals surface area contributed by atoms with E-state index in [0.717, 1.165) is 19.3 Å². The van der Waals surface area contributed by atoms with Crippen molar-refractivity contribution in [3.8, 4) is 0 Å². The molecule has 0 atom stereocenters. The third-order valence-electron chi connectivity index (χ3n) is 3.49. The first-order valence-corrected chi connectivity index (χ1v) is 5.49. The highest BCUT2D eigenvalue weighted by molar-refractivity contribution is 5.86. The zero-order chi connectivity index (χ0) is 10.4. The summed E-state index contributed by atoms with van der Waals surface area (Å²) in [6.07, 6.45) is 3.37. The largest absolute Gasteiger partial charge is 0.347 e. The summed E-state index contributed by atoms with van der Waals surface area (Å²) in [4.78, 5) is 0. The van der Waals surface area contributed by atoms with Crippen LogP contribution in [-0.2, 0) is 19.9 Å². The van der Waals surface area contributed by atoms with Crippen LogP contribution in [0.1, 0.15) is 17.7 Å². The van der Waals surface area contributed by atoms with Gasteiger partial charge in [0.25, 0.3) is 0 Å². The molecule has 1 nitrogen and oxygen atoms in total. The molecule has 0 saturated carbocycles. The van der Waals surface area contributed by atoms with Crippen LogP contribution in [0.15, 0.2) is 36.4 Å². The molecule has 0 fully saturated rings. The highest BCUT2D eigenvalue weighted by Gasteiger charge is 2.19. The van der Waals surface area contributed by atoms with Crippen LogP contribution in [0.4, 0.5) is 0 Å². The van der Waals surface area contributed by atoms with Gasteiger partial charge in [-0.15, -0.1) is 0 Å². The van der Waals surface area contributed by atoms with Gasteiger partial charge in [0.05, 0.1) is 0 Å². The fourth-order valence-corrected chi connectivity index (χ4v) is 2.67. The van der Waals surface area contributed by atoms with Gasteiger partial charge in [0.15, 0.2) is 0 Å². The predicted octanol–water partition coefficient (Wildman–Crippen LogP) is 3.22. The van der Waals surface area contributed by atoms with Gasteiger partial charge in [-0.2, -0.15) is 0 Å². The summed E-state index contributed by atoms with van der Waals surface area (Å²) in [5.74, 6) is 0. The number of benzene rings is 1. The predicted molar refractivity (Wildman–Crippen MR) is 64.1 cm³/mol. The lowest BCUT2D eigenvalue weighted by Gasteiger charge is -2.15. The number of aromatic nitrogens is 1. The fraction of sp³-hybridized carbons (Fsp3) is 0.286. The molecule has 15 heavy (non-hydrogen) atoms. The van der Waals surface area contributed by atoms with Gasteiger partial charge in [0, 0.05) is 23.6 Å². The minimum atomic E-state index is 1.07. The Hall–Kier alpha value is -1.50. The monoisotopic (exact) mass is 197 g/mol. The number of fused-ring (bicyclic) bond motifs is 3. The Morgan fingerprint density at radius 2 is 2.00 bits per heavy atom. The number of para-hydroxylation sites is 1. The summed E-state index contributed by atoms with van der Waals surface area (Å²) in [7, 11) is 2.18. The van der Waals surface area contributed by atoms with Crippen LogP contribution in [0, 0.1) is 0 Å². The minimum Gasteiger partial charge on any atom is -0.347 e. The number of rotatable bonds is 0. The molecule has 3 rings (SSSR count). The normalized spacial score (nSPS) is 15.7. The molecule has 1 heterocycles. The highest BCUT2D eigenvalue weighted by Crippen LogP contribution is 2.32. The van der Waals surface area contributed by atoms with Gasteiger partial charge in [0.2, 0.25) is 0 Å². The van der Waals surface area contributed by atoms with Gasteiger partial charge in [-0.3, -0.25) is 0 Å². The molecule has 1 heteroatoms. The maximum Gasteiger partial charge on any atom is 0.0482 e. The van der Waals surface area contributed by atoms with E-state index in [1.807, 2.05) is 0 Å². The van der Waals surface area contributed by atoms with Gasteiger partial charge in [-0.25, -0.2) is 0 Å². The van der Waals surface area contributed by atoms with Crippen LogP contribution in [0.3, 0.4) is 0 Å². The molecule has 1 aliphatic rings. The summed E-state index contributed by atoms with van der Waals surface area (Å²) in [6, 6.07) is 8.67. The maximum absolute atomic E-state index is 4.12. The summed E-state index contributed by atoms with van der Waals surface area (Å²) in [5, 5.41) is 1.41. The molecule has 1 aliphatic carbocycles. The van der Waals surface area contributed by atoms with Gasteiger partial charge in [-0.1, -0.05) is 30.4 Å². The van der Waals surface area contributed by atoms with E-state index in [4.69, 9.17) is 0 Å². The molecule has 0 aliphatic heterocycles. The molecule has 0 amide bonds. The minimum absolute atomic E-state index is 1.07. The Labute approximate surface area is 90.0 Å². The first kappa shape index (κ1) is 8.78. The lowest BCUT2D eigenvalue weighted by molar-refractivity contribution is 0.759. The zero-order valence-electron chi connectivity index (χ0n) is 9.09. The smallest absolute Gasteiger partial charge is 0.0482 e. The van der Waals surface area contributed by atoms with E-state index in [-0.39, 0.29) is 0 Å². The SMILES string of the molecule is C=C1CCc2c(c3ccccc3n2C)C1. The van der Waals surface area contributed by atoms with Crippen molar-refractivity contribution in [2.24, 2.45) is 7.05 Å². The van der Waals surface area contributed by atoms with Crippen LogP contribution >= 0.6 is 0 Å². The number of nitrogens with zero attached hydrogens (tertiary/aromatic N) is 1. The average molecular weight is 197 g/mol. The number of hydrogen-bond acceptors (Lipinski definition) is 0. The molecule has 76 valence electrons. The number of hydrogen-bond donors (Lipinski definition) is 0. The van der Waals surface area contributed by atoms with E-state index in [1.54, 1.807) is 0 Å². The van der Waals surface area contributed by atoms with E-state index in [9.17, 15) is 0 Å². The summed E-state index contributed by atoms with van der Waals surface area (Å²) >= 11 is 0. The van der Waals surface area contributed by atoms with E-state index in [2.05, 4.69) is 42.5 Å². The molecule has 0 N–H and O–H groups in total. The molecular weight excluding hydrogens is 182 g/mol. The summed E-state index contributed by atoms with van der Waals surface area (Å²) in [6.45, 7) is 4.12. The Morgan fingerprint density at radius 1 is 1.20 bits per heavy atom. The molecule has 0 saturated heterocycles. The molecule has 0 bridgehead atoms. The van der Waals surface area contributed by atoms with Crippen LogP contribution < -0.4 is 0 Å². The van der Waals surface area contributed by atoms with Gasteiger partial charge in [-0.05, 0) is 30.9 Å². The molecule has 0 radical (unpaired) electrons. The van der Waals surface area contributed by atoms with Crippen molar-refractivity contribution in [2.75, 3.05) is 0 Å². The van der Waals surface area contributed by atoms with E-state index in [0.29, 0.717) is 0 Å². The fourth-order valence-electron chi connectivity index (χ4n) is 2.67. The Bertz CT molecular complexity index is 546. The van der Waals surface area contributed by atoms with Crippen LogP contribution in [-0.4, -0.2) is 4.57 Å². The van der Waals surface area contributed by atoms with Crippen LogP contribution in [0.5, 0.6) is 0 Å². The van der Waals surface area contributed by atoms with E-state index >= 15 is 0 Å². The number of aryl methyl sites for hydroxylation is 1.